The monoisotopic (exact) mass is 311 g/mol. The molecule has 9 heteroatoms. The third-order valence-electron chi connectivity index (χ3n) is 2.94. The third kappa shape index (κ3) is 3.13. The van der Waals surface area contributed by atoms with E-state index in [1.807, 2.05) is 0 Å². The van der Waals surface area contributed by atoms with Crippen LogP contribution in [-0.2, 0) is 21.9 Å². The summed E-state index contributed by atoms with van der Waals surface area (Å²) in [5, 5.41) is 8.32. The number of carbonyl (C=O) groups excluding carboxylic acids is 1. The lowest BCUT2D eigenvalue weighted by molar-refractivity contribution is -0.127. The summed E-state index contributed by atoms with van der Waals surface area (Å²) in [4.78, 5) is 14.6. The van der Waals surface area contributed by atoms with Crippen LogP contribution >= 0.6 is 0 Å². The van der Waals surface area contributed by atoms with Gasteiger partial charge in [0.15, 0.2) is 0 Å². The molecule has 0 fully saturated rings. The largest absolute Gasteiger partial charge is 0.347 e. The Labute approximate surface area is 123 Å². The van der Waals surface area contributed by atoms with Crippen molar-refractivity contribution in [2.75, 3.05) is 31.2 Å². The lowest BCUT2D eigenvalue weighted by Crippen LogP contribution is -2.40. The number of carbonyl (C=O) groups is 1. The van der Waals surface area contributed by atoms with Crippen molar-refractivity contribution < 1.29 is 13.2 Å². The lowest BCUT2D eigenvalue weighted by Gasteiger charge is -2.23. The molecule has 0 atom stereocenters. The molecule has 0 aliphatic rings. The van der Waals surface area contributed by atoms with Gasteiger partial charge in [0.05, 0.1) is 11.9 Å². The number of amides is 1. The summed E-state index contributed by atoms with van der Waals surface area (Å²) in [6.07, 6.45) is 1.06. The van der Waals surface area contributed by atoms with E-state index in [1.54, 1.807) is 39.3 Å². The maximum Gasteiger partial charge on any atom is 0.242 e. The van der Waals surface area contributed by atoms with E-state index < -0.39 is 10.0 Å². The molecule has 8 nitrogen and oxygen atoms in total. The first kappa shape index (κ1) is 15.2. The van der Waals surface area contributed by atoms with Gasteiger partial charge in [-0.25, -0.2) is 8.42 Å². The standard InChI is InChI=1S/C12H17N5O3S/c1-15(2)11(18)8-17(21(4,19)20)10-7-5-6-9-12(10)14-16(3)13-9/h5-7H,8H2,1-4H3. The Morgan fingerprint density at radius 1 is 1.29 bits per heavy atom. The molecule has 0 saturated carbocycles. The molecule has 1 aromatic carbocycles. The molecule has 0 radical (unpaired) electrons. The minimum atomic E-state index is -3.62. The summed E-state index contributed by atoms with van der Waals surface area (Å²) < 4.78 is 25.1. The van der Waals surface area contributed by atoms with Gasteiger partial charge in [0.25, 0.3) is 0 Å². The van der Waals surface area contributed by atoms with Crippen molar-refractivity contribution >= 4 is 32.7 Å². The minimum absolute atomic E-state index is 0.276. The van der Waals surface area contributed by atoms with Crippen molar-refractivity contribution in [1.29, 1.82) is 0 Å². The maximum atomic E-state index is 12.0. The number of benzene rings is 1. The van der Waals surface area contributed by atoms with Crippen LogP contribution in [0.25, 0.3) is 11.0 Å². The first-order chi connectivity index (χ1) is 9.70. The van der Waals surface area contributed by atoms with Gasteiger partial charge in [0.1, 0.15) is 17.6 Å². The van der Waals surface area contributed by atoms with Crippen molar-refractivity contribution in [1.82, 2.24) is 19.9 Å². The SMILES string of the molecule is CN(C)C(=O)CN(c1cccc2nn(C)nc12)S(C)(=O)=O. The predicted molar refractivity (Wildman–Crippen MR) is 79.4 cm³/mol. The third-order valence-corrected chi connectivity index (χ3v) is 4.06. The molecule has 0 unspecified atom stereocenters. The molecule has 1 heterocycles. The van der Waals surface area contributed by atoms with Crippen LogP contribution in [0, 0.1) is 0 Å². The number of aromatic nitrogens is 3. The molecular formula is C12H17N5O3S. The molecule has 2 rings (SSSR count). The van der Waals surface area contributed by atoms with Gasteiger partial charge in [0.2, 0.25) is 15.9 Å². The number of aryl methyl sites for hydroxylation is 1. The zero-order valence-corrected chi connectivity index (χ0v) is 13.1. The Balaban J connectivity index is 2.57. The molecule has 0 N–H and O–H groups in total. The van der Waals surface area contributed by atoms with Gasteiger partial charge >= 0.3 is 0 Å². The van der Waals surface area contributed by atoms with Crippen molar-refractivity contribution in [3.8, 4) is 0 Å². The Morgan fingerprint density at radius 2 is 1.95 bits per heavy atom. The van der Waals surface area contributed by atoms with Crippen LogP contribution in [0.15, 0.2) is 18.2 Å². The van der Waals surface area contributed by atoms with E-state index in [1.165, 1.54) is 9.70 Å². The zero-order chi connectivity index (χ0) is 15.8. The Hall–Kier alpha value is -2.16. The summed E-state index contributed by atoms with van der Waals surface area (Å²) in [6, 6.07) is 5.03. The van der Waals surface area contributed by atoms with Gasteiger partial charge in [-0.15, -0.1) is 0 Å². The lowest BCUT2D eigenvalue weighted by atomic mass is 10.2. The number of hydrogen-bond acceptors (Lipinski definition) is 5. The van der Waals surface area contributed by atoms with E-state index >= 15 is 0 Å². The number of sulfonamides is 1. The van der Waals surface area contributed by atoms with Crippen LogP contribution in [0.4, 0.5) is 5.69 Å². The van der Waals surface area contributed by atoms with Gasteiger partial charge in [-0.05, 0) is 12.1 Å². The van der Waals surface area contributed by atoms with Gasteiger partial charge in [0, 0.05) is 21.1 Å². The van der Waals surface area contributed by atoms with Gasteiger partial charge < -0.3 is 4.90 Å². The number of likely N-dealkylation sites (N-methyl/N-ethyl adjacent to an activating group) is 1. The number of fused-ring (bicyclic) bond motifs is 1. The molecular weight excluding hydrogens is 294 g/mol. The second-order valence-electron chi connectivity index (χ2n) is 4.89. The average molecular weight is 311 g/mol. The highest BCUT2D eigenvalue weighted by Crippen LogP contribution is 2.25. The van der Waals surface area contributed by atoms with Gasteiger partial charge in [-0.2, -0.15) is 15.0 Å². The first-order valence-corrected chi connectivity index (χ1v) is 8.03. The Morgan fingerprint density at radius 3 is 2.52 bits per heavy atom. The van der Waals surface area contributed by atoms with E-state index in [4.69, 9.17) is 0 Å². The fraction of sp³-hybridized carbons (Fsp3) is 0.417. The molecule has 21 heavy (non-hydrogen) atoms. The van der Waals surface area contributed by atoms with Crippen LogP contribution in [0.2, 0.25) is 0 Å². The number of anilines is 1. The molecule has 114 valence electrons. The van der Waals surface area contributed by atoms with Crippen LogP contribution in [0.3, 0.4) is 0 Å². The van der Waals surface area contributed by atoms with E-state index in [9.17, 15) is 13.2 Å². The van der Waals surface area contributed by atoms with Gasteiger partial charge in [-0.1, -0.05) is 6.07 Å². The summed E-state index contributed by atoms with van der Waals surface area (Å²) in [7, 11) is 1.18. The summed E-state index contributed by atoms with van der Waals surface area (Å²) in [5.41, 5.74) is 1.36. The molecule has 1 aromatic heterocycles. The zero-order valence-electron chi connectivity index (χ0n) is 12.3. The fourth-order valence-corrected chi connectivity index (χ4v) is 2.72. The fourth-order valence-electron chi connectivity index (χ4n) is 1.87. The number of rotatable bonds is 4. The quantitative estimate of drug-likeness (QED) is 0.782. The molecule has 0 spiro atoms. The normalized spacial score (nSPS) is 11.6. The van der Waals surface area contributed by atoms with Gasteiger partial charge in [-0.3, -0.25) is 9.10 Å². The number of nitrogens with zero attached hydrogens (tertiary/aromatic N) is 5. The molecule has 2 aromatic rings. The molecule has 0 aliphatic heterocycles. The minimum Gasteiger partial charge on any atom is -0.347 e. The highest BCUT2D eigenvalue weighted by atomic mass is 32.2. The van der Waals surface area contributed by atoms with E-state index in [2.05, 4.69) is 10.2 Å². The molecule has 0 saturated heterocycles. The van der Waals surface area contributed by atoms with Crippen LogP contribution in [0.1, 0.15) is 0 Å². The van der Waals surface area contributed by atoms with E-state index in [0.29, 0.717) is 16.7 Å². The summed E-state index contributed by atoms with van der Waals surface area (Å²) in [6.45, 7) is -0.276. The second-order valence-corrected chi connectivity index (χ2v) is 6.80. The Bertz CT molecular complexity index is 781. The summed E-state index contributed by atoms with van der Waals surface area (Å²) >= 11 is 0. The van der Waals surface area contributed by atoms with Crippen molar-refractivity contribution in [2.45, 2.75) is 0 Å². The topological polar surface area (TPSA) is 88.4 Å². The second kappa shape index (κ2) is 5.32. The maximum absolute atomic E-state index is 12.0. The number of hydrogen-bond donors (Lipinski definition) is 0. The van der Waals surface area contributed by atoms with Crippen molar-refractivity contribution in [2.24, 2.45) is 7.05 Å². The van der Waals surface area contributed by atoms with E-state index in [-0.39, 0.29) is 12.5 Å². The average Bonchev–Trinajstić information content (AvgIpc) is 2.74. The van der Waals surface area contributed by atoms with Crippen LogP contribution in [-0.4, -0.2) is 61.1 Å². The highest BCUT2D eigenvalue weighted by molar-refractivity contribution is 7.92. The highest BCUT2D eigenvalue weighted by Gasteiger charge is 2.24. The van der Waals surface area contributed by atoms with Crippen LogP contribution in [0.5, 0.6) is 0 Å². The van der Waals surface area contributed by atoms with Crippen LogP contribution < -0.4 is 4.31 Å². The molecule has 1 amide bonds. The first-order valence-electron chi connectivity index (χ1n) is 6.18. The summed E-state index contributed by atoms with van der Waals surface area (Å²) in [5.74, 6) is -0.318. The van der Waals surface area contributed by atoms with Crippen molar-refractivity contribution in [3.05, 3.63) is 18.2 Å². The predicted octanol–water partition coefficient (Wildman–Crippen LogP) is -0.177. The van der Waals surface area contributed by atoms with Crippen molar-refractivity contribution in [3.63, 3.8) is 0 Å². The Kier molecular flexibility index (Phi) is 3.86. The molecule has 0 bridgehead atoms. The van der Waals surface area contributed by atoms with E-state index in [0.717, 1.165) is 10.6 Å². The molecule has 0 aliphatic carbocycles. The smallest absolute Gasteiger partial charge is 0.242 e.